The molecule has 0 bridgehead atoms. The molecule has 11 heteroatoms. The Kier molecular flexibility index (Phi) is 4.66. The summed E-state index contributed by atoms with van der Waals surface area (Å²) in [6.07, 6.45) is 0. The maximum Gasteiger partial charge on any atom is 0.352 e. The van der Waals surface area contributed by atoms with Crippen molar-refractivity contribution in [2.45, 2.75) is 18.3 Å². The average molecular weight is 335 g/mol. The molecule has 1 saturated heterocycles. The molecule has 0 saturated carbocycles. The maximum absolute atomic E-state index is 11.9. The summed E-state index contributed by atoms with van der Waals surface area (Å²) in [5.74, 6) is -2.30. The van der Waals surface area contributed by atoms with E-state index in [-0.39, 0.29) is 18.1 Å². The standard InChI is InChI=1S/C10H12N2O7S2/c1-4(13)19-2-5-3-20-9-6(11-21(17)18)8(14)12(9)7(5)10(15)16/h6,9,11H,2-3H2,1H3,(H,15,16)(H,17,18)/p-1/t6-,9-/m1/s1. The van der Waals surface area contributed by atoms with Gasteiger partial charge in [-0.3, -0.25) is 18.7 Å². The van der Waals surface area contributed by atoms with Gasteiger partial charge in [0.2, 0.25) is 5.91 Å². The first-order valence-electron chi connectivity index (χ1n) is 5.71. The minimum atomic E-state index is -2.61. The summed E-state index contributed by atoms with van der Waals surface area (Å²) >= 11 is -1.41. The summed E-state index contributed by atoms with van der Waals surface area (Å²) in [4.78, 5) is 35.0. The number of thioether (sulfide) groups is 1. The predicted molar refractivity (Wildman–Crippen MR) is 70.2 cm³/mol. The van der Waals surface area contributed by atoms with Crippen LogP contribution in [0.15, 0.2) is 11.3 Å². The fraction of sp³-hybridized carbons (Fsp3) is 0.500. The lowest BCUT2D eigenvalue weighted by Crippen LogP contribution is -2.70. The summed E-state index contributed by atoms with van der Waals surface area (Å²) < 4.78 is 28.0. The van der Waals surface area contributed by atoms with Gasteiger partial charge in [0.1, 0.15) is 23.7 Å². The zero-order valence-electron chi connectivity index (χ0n) is 10.7. The zero-order chi connectivity index (χ0) is 15.7. The van der Waals surface area contributed by atoms with Crippen molar-refractivity contribution in [3.8, 4) is 0 Å². The topological polar surface area (TPSA) is 136 Å². The fourth-order valence-corrected chi connectivity index (χ4v) is 3.91. The van der Waals surface area contributed by atoms with Gasteiger partial charge < -0.3 is 14.4 Å². The molecule has 0 aromatic rings. The molecule has 2 N–H and O–H groups in total. The second-order valence-electron chi connectivity index (χ2n) is 4.28. The summed E-state index contributed by atoms with van der Waals surface area (Å²) in [5.41, 5.74) is 0.0497. The van der Waals surface area contributed by atoms with Crippen LogP contribution >= 0.6 is 11.8 Å². The number of nitrogens with one attached hydrogen (secondary N) is 1. The van der Waals surface area contributed by atoms with E-state index >= 15 is 0 Å². The van der Waals surface area contributed by atoms with E-state index in [0.29, 0.717) is 5.57 Å². The van der Waals surface area contributed by atoms with Crippen molar-refractivity contribution in [2.75, 3.05) is 12.4 Å². The summed E-state index contributed by atoms with van der Waals surface area (Å²) in [6, 6.07) is -0.974. The number of carbonyl (C=O) groups excluding carboxylic acids is 2. The molecule has 21 heavy (non-hydrogen) atoms. The van der Waals surface area contributed by atoms with Crippen LogP contribution in [0.25, 0.3) is 0 Å². The number of carboxylic acid groups (broad SMARTS) is 1. The van der Waals surface area contributed by atoms with Gasteiger partial charge in [-0.1, -0.05) is 0 Å². The molecule has 0 aromatic heterocycles. The number of carboxylic acids is 1. The Morgan fingerprint density at radius 1 is 1.62 bits per heavy atom. The number of fused-ring (bicyclic) bond motifs is 1. The summed E-state index contributed by atoms with van der Waals surface area (Å²) in [6.45, 7) is 0.976. The lowest BCUT2D eigenvalue weighted by molar-refractivity contribution is -0.148. The van der Waals surface area contributed by atoms with Gasteiger partial charge >= 0.3 is 11.9 Å². The number of hydrogen-bond acceptors (Lipinski definition) is 7. The van der Waals surface area contributed by atoms with Crippen LogP contribution in [0.5, 0.6) is 0 Å². The fourth-order valence-electron chi connectivity index (χ4n) is 2.06. The van der Waals surface area contributed by atoms with Gasteiger partial charge in [-0.25, -0.2) is 9.52 Å². The SMILES string of the molecule is CC(=O)OCC1=C(C(=O)O)N2C(=O)[C@@H](NS(=O)[O-])[C@H]2SC1. The van der Waals surface area contributed by atoms with Crippen LogP contribution in [0.2, 0.25) is 0 Å². The summed E-state index contributed by atoms with van der Waals surface area (Å²) in [7, 11) is 0. The lowest BCUT2D eigenvalue weighted by atomic mass is 10.0. The zero-order valence-corrected chi connectivity index (χ0v) is 12.4. The number of esters is 1. The molecular formula is C10H11N2O7S2-. The first-order valence-corrected chi connectivity index (χ1v) is 7.84. The van der Waals surface area contributed by atoms with Crippen molar-refractivity contribution < 1.29 is 33.0 Å². The number of amides is 1. The molecule has 2 heterocycles. The molecule has 1 fully saturated rings. The van der Waals surface area contributed by atoms with Crippen molar-refractivity contribution in [1.82, 2.24) is 9.62 Å². The van der Waals surface area contributed by atoms with E-state index in [9.17, 15) is 28.3 Å². The van der Waals surface area contributed by atoms with Crippen LogP contribution in [0, 0.1) is 0 Å². The third kappa shape index (κ3) is 3.10. The van der Waals surface area contributed by atoms with E-state index in [1.165, 1.54) is 18.7 Å². The van der Waals surface area contributed by atoms with Gasteiger partial charge in [0.15, 0.2) is 0 Å². The smallest absolute Gasteiger partial charge is 0.352 e. The second kappa shape index (κ2) is 6.13. The number of nitrogens with zero attached hydrogens (tertiary/aromatic N) is 1. The van der Waals surface area contributed by atoms with Gasteiger partial charge in [0, 0.05) is 29.5 Å². The molecule has 0 aliphatic carbocycles. The third-order valence-corrected chi connectivity index (χ3v) is 4.71. The minimum absolute atomic E-state index is 0.216. The number of carbonyl (C=O) groups is 3. The molecule has 0 aromatic carbocycles. The highest BCUT2D eigenvalue weighted by molar-refractivity contribution is 8.00. The average Bonchev–Trinajstić information content (AvgIpc) is 2.40. The van der Waals surface area contributed by atoms with Gasteiger partial charge in [-0.2, -0.15) is 0 Å². The lowest BCUT2D eigenvalue weighted by Gasteiger charge is -2.49. The van der Waals surface area contributed by atoms with E-state index in [2.05, 4.69) is 4.72 Å². The molecule has 0 radical (unpaired) electrons. The molecule has 1 amide bonds. The van der Waals surface area contributed by atoms with E-state index in [4.69, 9.17) is 4.74 Å². The molecule has 9 nitrogen and oxygen atoms in total. The first kappa shape index (κ1) is 15.9. The van der Waals surface area contributed by atoms with Crippen molar-refractivity contribution in [3.05, 3.63) is 11.3 Å². The largest absolute Gasteiger partial charge is 0.760 e. The third-order valence-electron chi connectivity index (χ3n) is 2.92. The first-order chi connectivity index (χ1) is 9.82. The van der Waals surface area contributed by atoms with Crippen LogP contribution in [0.4, 0.5) is 0 Å². The van der Waals surface area contributed by atoms with Crippen molar-refractivity contribution in [1.29, 1.82) is 0 Å². The Bertz CT molecular complexity index is 562. The molecule has 1 unspecified atom stereocenters. The monoisotopic (exact) mass is 335 g/mol. The van der Waals surface area contributed by atoms with E-state index < -0.39 is 40.5 Å². The normalized spacial score (nSPS) is 26.0. The Labute approximate surface area is 126 Å². The highest BCUT2D eigenvalue weighted by Crippen LogP contribution is 2.40. The second-order valence-corrected chi connectivity index (χ2v) is 6.09. The van der Waals surface area contributed by atoms with Crippen molar-refractivity contribution in [2.24, 2.45) is 0 Å². The van der Waals surface area contributed by atoms with E-state index in [1.807, 2.05) is 0 Å². The number of ether oxygens (including phenoxy) is 1. The van der Waals surface area contributed by atoms with Crippen molar-refractivity contribution >= 4 is 40.9 Å². The number of β-lactam (4-membered cyclic amide) rings is 1. The minimum Gasteiger partial charge on any atom is -0.760 e. The Balaban J connectivity index is 2.22. The molecule has 2 aliphatic rings. The number of rotatable bonds is 5. The van der Waals surface area contributed by atoms with Gasteiger partial charge in [-0.05, 0) is 0 Å². The molecule has 2 aliphatic heterocycles. The van der Waals surface area contributed by atoms with Crippen LogP contribution in [0.3, 0.4) is 0 Å². The highest BCUT2D eigenvalue weighted by atomic mass is 32.2. The van der Waals surface area contributed by atoms with Gasteiger partial charge in [0.25, 0.3) is 0 Å². The van der Waals surface area contributed by atoms with Crippen LogP contribution in [0.1, 0.15) is 6.92 Å². The van der Waals surface area contributed by atoms with Crippen LogP contribution in [-0.4, -0.2) is 60.4 Å². The van der Waals surface area contributed by atoms with Gasteiger partial charge in [0.05, 0.1) is 0 Å². The highest BCUT2D eigenvalue weighted by Gasteiger charge is 2.53. The number of aliphatic carboxylic acids is 1. The van der Waals surface area contributed by atoms with Crippen LogP contribution < -0.4 is 4.72 Å². The Morgan fingerprint density at radius 2 is 2.29 bits per heavy atom. The molecule has 116 valence electrons. The quantitative estimate of drug-likeness (QED) is 0.354. The maximum atomic E-state index is 11.9. The molecular weight excluding hydrogens is 324 g/mol. The Hall–Kier alpha value is -1.43. The van der Waals surface area contributed by atoms with E-state index in [1.54, 1.807) is 0 Å². The summed E-state index contributed by atoms with van der Waals surface area (Å²) in [5, 5.41) is 8.63. The molecule has 0 spiro atoms. The predicted octanol–water partition coefficient (Wildman–Crippen LogP) is -1.44. The number of hydrogen-bond donors (Lipinski definition) is 2. The Morgan fingerprint density at radius 3 is 2.81 bits per heavy atom. The van der Waals surface area contributed by atoms with Crippen LogP contribution in [-0.2, 0) is 30.4 Å². The van der Waals surface area contributed by atoms with Crippen molar-refractivity contribution in [3.63, 3.8) is 0 Å². The van der Waals surface area contributed by atoms with E-state index in [0.717, 1.165) is 4.90 Å². The molecule has 2 rings (SSSR count). The molecule has 3 atom stereocenters. The van der Waals surface area contributed by atoms with Gasteiger partial charge in [-0.15, -0.1) is 11.8 Å².